The fourth-order valence-electron chi connectivity index (χ4n) is 4.69. The SMILES string of the molecule is C[C@@H]1Cc2cc(/C(O)=C3\C(=O)C(=O)N(CCCN(C)C)[C@H]3c3ccc(N(C)C)cc3)ccc2O1. The summed E-state index contributed by atoms with van der Waals surface area (Å²) in [4.78, 5) is 32.0. The molecule has 4 rings (SSSR count). The van der Waals surface area contributed by atoms with E-state index in [1.807, 2.05) is 81.3 Å². The number of amides is 1. The van der Waals surface area contributed by atoms with E-state index in [0.717, 1.165) is 42.0 Å². The maximum Gasteiger partial charge on any atom is 0.295 e. The van der Waals surface area contributed by atoms with E-state index in [-0.39, 0.29) is 17.4 Å². The molecule has 2 aliphatic rings. The van der Waals surface area contributed by atoms with Gasteiger partial charge in [0.15, 0.2) is 0 Å². The summed E-state index contributed by atoms with van der Waals surface area (Å²) in [6, 6.07) is 12.6. The van der Waals surface area contributed by atoms with Gasteiger partial charge in [-0.2, -0.15) is 0 Å². The third-order valence-electron chi connectivity index (χ3n) is 6.44. The van der Waals surface area contributed by atoms with Gasteiger partial charge in [0.25, 0.3) is 11.7 Å². The number of aliphatic hydroxyl groups is 1. The number of rotatable bonds is 7. The molecule has 180 valence electrons. The second-order valence-electron chi connectivity index (χ2n) is 9.59. The Morgan fingerprint density at radius 1 is 1.09 bits per heavy atom. The Morgan fingerprint density at radius 2 is 1.79 bits per heavy atom. The molecule has 2 aliphatic heterocycles. The molecule has 2 aromatic rings. The number of anilines is 1. The van der Waals surface area contributed by atoms with E-state index in [2.05, 4.69) is 0 Å². The van der Waals surface area contributed by atoms with Gasteiger partial charge in [0.05, 0.1) is 11.6 Å². The van der Waals surface area contributed by atoms with Gasteiger partial charge in [0.2, 0.25) is 0 Å². The number of likely N-dealkylation sites (tertiary alicyclic amines) is 1. The zero-order valence-corrected chi connectivity index (χ0v) is 20.5. The van der Waals surface area contributed by atoms with Crippen LogP contribution in [0.15, 0.2) is 48.0 Å². The number of ether oxygens (including phenoxy) is 1. The van der Waals surface area contributed by atoms with Crippen LogP contribution in [0.4, 0.5) is 5.69 Å². The van der Waals surface area contributed by atoms with Crippen molar-refractivity contribution in [3.8, 4) is 5.75 Å². The minimum Gasteiger partial charge on any atom is -0.507 e. The van der Waals surface area contributed by atoms with Crippen molar-refractivity contribution >= 4 is 23.1 Å². The zero-order valence-electron chi connectivity index (χ0n) is 20.5. The van der Waals surface area contributed by atoms with Gasteiger partial charge in [-0.1, -0.05) is 12.1 Å². The highest BCUT2D eigenvalue weighted by atomic mass is 16.5. The normalized spacial score (nSPS) is 21.2. The summed E-state index contributed by atoms with van der Waals surface area (Å²) >= 11 is 0. The van der Waals surface area contributed by atoms with Crippen LogP contribution in [0.5, 0.6) is 5.75 Å². The topological polar surface area (TPSA) is 73.3 Å². The Morgan fingerprint density at radius 3 is 2.44 bits per heavy atom. The Bertz CT molecular complexity index is 1120. The zero-order chi connectivity index (χ0) is 24.6. The van der Waals surface area contributed by atoms with Gasteiger partial charge in [0, 0.05) is 38.3 Å². The summed E-state index contributed by atoms with van der Waals surface area (Å²) in [5.74, 6) is -0.559. The average molecular weight is 464 g/mol. The molecule has 1 saturated heterocycles. The number of hydrogen-bond acceptors (Lipinski definition) is 6. The highest BCUT2D eigenvalue weighted by Crippen LogP contribution is 2.41. The molecule has 1 amide bonds. The minimum absolute atomic E-state index is 0.0740. The first-order valence-electron chi connectivity index (χ1n) is 11.7. The highest BCUT2D eigenvalue weighted by Gasteiger charge is 2.45. The molecule has 7 heteroatoms. The maximum absolute atomic E-state index is 13.2. The molecule has 7 nitrogen and oxygen atoms in total. The average Bonchev–Trinajstić information content (AvgIpc) is 3.29. The minimum atomic E-state index is -0.644. The van der Waals surface area contributed by atoms with Crippen LogP contribution < -0.4 is 9.64 Å². The Labute approximate surface area is 201 Å². The quantitative estimate of drug-likeness (QED) is 0.385. The maximum atomic E-state index is 13.2. The van der Waals surface area contributed by atoms with E-state index in [0.29, 0.717) is 12.1 Å². The molecule has 0 saturated carbocycles. The molecule has 2 aromatic carbocycles. The lowest BCUT2D eigenvalue weighted by Gasteiger charge is -2.26. The van der Waals surface area contributed by atoms with E-state index >= 15 is 0 Å². The molecule has 1 N–H and O–H groups in total. The number of aliphatic hydroxyl groups excluding tert-OH is 1. The second kappa shape index (κ2) is 9.50. The molecule has 0 aromatic heterocycles. The predicted molar refractivity (Wildman–Crippen MR) is 133 cm³/mol. The monoisotopic (exact) mass is 463 g/mol. The molecule has 0 bridgehead atoms. The Balaban J connectivity index is 1.77. The number of carbonyl (C=O) groups excluding carboxylic acids is 2. The van der Waals surface area contributed by atoms with Crippen LogP contribution in [0.2, 0.25) is 0 Å². The highest BCUT2D eigenvalue weighted by molar-refractivity contribution is 6.46. The van der Waals surface area contributed by atoms with Crippen molar-refractivity contribution in [2.45, 2.75) is 31.9 Å². The van der Waals surface area contributed by atoms with Gasteiger partial charge in [-0.25, -0.2) is 0 Å². The van der Waals surface area contributed by atoms with Crippen molar-refractivity contribution in [2.24, 2.45) is 0 Å². The van der Waals surface area contributed by atoms with Crippen molar-refractivity contribution in [3.05, 3.63) is 64.7 Å². The number of benzene rings is 2. The lowest BCUT2D eigenvalue weighted by molar-refractivity contribution is -0.139. The number of nitrogens with zero attached hydrogens (tertiary/aromatic N) is 3. The first-order chi connectivity index (χ1) is 16.2. The van der Waals surface area contributed by atoms with E-state index in [1.54, 1.807) is 11.0 Å². The van der Waals surface area contributed by atoms with Gasteiger partial charge in [-0.05, 0) is 75.4 Å². The summed E-state index contributed by atoms with van der Waals surface area (Å²) in [6.07, 6.45) is 1.54. The summed E-state index contributed by atoms with van der Waals surface area (Å²) in [5, 5.41) is 11.3. The summed E-state index contributed by atoms with van der Waals surface area (Å²) in [7, 11) is 7.87. The van der Waals surface area contributed by atoms with Crippen molar-refractivity contribution < 1.29 is 19.4 Å². The van der Waals surface area contributed by atoms with Crippen LogP contribution in [-0.4, -0.2) is 74.0 Å². The lowest BCUT2D eigenvalue weighted by Crippen LogP contribution is -2.32. The fourth-order valence-corrected chi connectivity index (χ4v) is 4.69. The Kier molecular flexibility index (Phi) is 6.66. The van der Waals surface area contributed by atoms with Crippen LogP contribution in [-0.2, 0) is 16.0 Å². The Hall–Kier alpha value is -3.32. The van der Waals surface area contributed by atoms with Gasteiger partial charge in [-0.3, -0.25) is 9.59 Å². The summed E-state index contributed by atoms with van der Waals surface area (Å²) in [6.45, 7) is 3.21. The number of fused-ring (bicyclic) bond motifs is 1. The van der Waals surface area contributed by atoms with E-state index < -0.39 is 17.7 Å². The molecular weight excluding hydrogens is 430 g/mol. The van der Waals surface area contributed by atoms with Gasteiger partial charge in [0.1, 0.15) is 17.6 Å². The first kappa shape index (κ1) is 23.8. The number of ketones is 1. The molecule has 1 fully saturated rings. The lowest BCUT2D eigenvalue weighted by atomic mass is 9.94. The summed E-state index contributed by atoms with van der Waals surface area (Å²) in [5.41, 5.74) is 3.47. The van der Waals surface area contributed by atoms with Crippen LogP contribution in [0.1, 0.15) is 36.1 Å². The predicted octanol–water partition coefficient (Wildman–Crippen LogP) is 3.45. The molecule has 0 unspecified atom stereocenters. The number of hydrogen-bond donors (Lipinski definition) is 1. The molecule has 2 heterocycles. The van der Waals surface area contributed by atoms with Crippen molar-refractivity contribution in [1.82, 2.24) is 9.80 Å². The molecule has 0 radical (unpaired) electrons. The molecule has 0 spiro atoms. The smallest absolute Gasteiger partial charge is 0.295 e. The van der Waals surface area contributed by atoms with E-state index in [1.165, 1.54) is 0 Å². The van der Waals surface area contributed by atoms with Gasteiger partial charge >= 0.3 is 0 Å². The first-order valence-corrected chi connectivity index (χ1v) is 11.7. The summed E-state index contributed by atoms with van der Waals surface area (Å²) < 4.78 is 5.77. The van der Waals surface area contributed by atoms with Crippen LogP contribution in [0, 0.1) is 0 Å². The van der Waals surface area contributed by atoms with Crippen LogP contribution in [0.25, 0.3) is 5.76 Å². The van der Waals surface area contributed by atoms with Crippen molar-refractivity contribution in [3.63, 3.8) is 0 Å². The third kappa shape index (κ3) is 4.53. The molecular formula is C27H33N3O4. The van der Waals surface area contributed by atoms with Crippen LogP contribution in [0.3, 0.4) is 0 Å². The van der Waals surface area contributed by atoms with Gasteiger partial charge in [-0.15, -0.1) is 0 Å². The third-order valence-corrected chi connectivity index (χ3v) is 6.44. The van der Waals surface area contributed by atoms with Crippen molar-refractivity contribution in [1.29, 1.82) is 0 Å². The molecule has 2 atom stereocenters. The van der Waals surface area contributed by atoms with E-state index in [9.17, 15) is 14.7 Å². The fraction of sp³-hybridized carbons (Fsp3) is 0.407. The number of carbonyl (C=O) groups is 2. The largest absolute Gasteiger partial charge is 0.507 e. The standard InChI is InChI=1S/C27H33N3O4/c1-17-15-20-16-19(9-12-22(20)34-17)25(31)23-24(18-7-10-21(11-8-18)29(4)5)30(27(33)26(23)32)14-6-13-28(2)3/h7-12,16-17,24,31H,6,13-15H2,1-5H3/b25-23+/t17-,24+/m1/s1. The van der Waals surface area contributed by atoms with Crippen molar-refractivity contribution in [2.75, 3.05) is 46.2 Å². The molecule has 34 heavy (non-hydrogen) atoms. The second-order valence-corrected chi connectivity index (χ2v) is 9.59. The number of Topliss-reactive ketones (excluding diaryl/α,β-unsaturated/α-hetero) is 1. The van der Waals surface area contributed by atoms with E-state index in [4.69, 9.17) is 4.74 Å². The molecule has 0 aliphatic carbocycles. The van der Waals surface area contributed by atoms with Gasteiger partial charge < -0.3 is 24.5 Å². The van der Waals surface area contributed by atoms with Crippen LogP contribution >= 0.6 is 0 Å².